The van der Waals surface area contributed by atoms with Gasteiger partial charge in [-0.2, -0.15) is 0 Å². The van der Waals surface area contributed by atoms with Crippen LogP contribution in [0.3, 0.4) is 0 Å². The van der Waals surface area contributed by atoms with Crippen molar-refractivity contribution in [1.82, 2.24) is 10.3 Å². The van der Waals surface area contributed by atoms with E-state index in [9.17, 15) is 9.18 Å². The number of carbonyl (C=O) groups excluding carboxylic acids is 1. The molecule has 0 atom stereocenters. The summed E-state index contributed by atoms with van der Waals surface area (Å²) in [6, 6.07) is 13.9. The molecule has 5 heteroatoms. The van der Waals surface area contributed by atoms with Crippen LogP contribution in [0.15, 0.2) is 53.0 Å². The maximum atomic E-state index is 13.6. The van der Waals surface area contributed by atoms with Gasteiger partial charge >= 0.3 is 0 Å². The predicted octanol–water partition coefficient (Wildman–Crippen LogP) is 4.00. The van der Waals surface area contributed by atoms with E-state index in [1.807, 2.05) is 24.3 Å². The number of carbonyl (C=O) groups is 1. The Balaban J connectivity index is 1.76. The van der Waals surface area contributed by atoms with E-state index in [1.54, 1.807) is 12.1 Å². The first-order valence-electron chi connectivity index (χ1n) is 6.43. The van der Waals surface area contributed by atoms with Crippen LogP contribution < -0.4 is 5.32 Å². The van der Waals surface area contributed by atoms with Crippen LogP contribution in [-0.4, -0.2) is 10.9 Å². The quantitative estimate of drug-likeness (QED) is 0.739. The molecule has 0 spiro atoms. The highest BCUT2D eigenvalue weighted by atomic mass is 79.9. The maximum absolute atomic E-state index is 13.6. The van der Waals surface area contributed by atoms with Crippen LogP contribution in [0, 0.1) is 5.82 Å². The molecule has 0 saturated carbocycles. The van der Waals surface area contributed by atoms with Crippen molar-refractivity contribution in [3.63, 3.8) is 0 Å². The first kappa shape index (κ1) is 13.8. The van der Waals surface area contributed by atoms with Crippen molar-refractivity contribution in [1.29, 1.82) is 0 Å². The van der Waals surface area contributed by atoms with E-state index in [1.165, 1.54) is 12.1 Å². The van der Waals surface area contributed by atoms with Gasteiger partial charge in [-0.25, -0.2) is 4.39 Å². The minimum atomic E-state index is -0.338. The topological polar surface area (TPSA) is 44.9 Å². The number of H-pyrrole nitrogens is 1. The normalized spacial score (nSPS) is 10.8. The highest BCUT2D eigenvalue weighted by Gasteiger charge is 2.11. The molecule has 2 aromatic carbocycles. The second kappa shape index (κ2) is 5.69. The van der Waals surface area contributed by atoms with Crippen LogP contribution in [0.25, 0.3) is 10.9 Å². The van der Waals surface area contributed by atoms with Crippen molar-refractivity contribution < 1.29 is 9.18 Å². The molecule has 106 valence electrons. The lowest BCUT2D eigenvalue weighted by Gasteiger charge is -2.04. The molecule has 0 saturated heterocycles. The second-order valence-corrected chi connectivity index (χ2v) is 5.61. The fourth-order valence-corrected chi connectivity index (χ4v) is 2.61. The molecule has 3 aromatic rings. The predicted molar refractivity (Wildman–Crippen MR) is 83.6 cm³/mol. The lowest BCUT2D eigenvalue weighted by Crippen LogP contribution is -2.23. The molecule has 0 bridgehead atoms. The van der Waals surface area contributed by atoms with E-state index in [0.717, 1.165) is 10.0 Å². The Kier molecular flexibility index (Phi) is 3.75. The van der Waals surface area contributed by atoms with E-state index in [0.29, 0.717) is 23.1 Å². The van der Waals surface area contributed by atoms with Gasteiger partial charge in [0.25, 0.3) is 5.91 Å². The Labute approximate surface area is 129 Å². The number of rotatable bonds is 3. The number of aromatic amines is 1. The van der Waals surface area contributed by atoms with Crippen molar-refractivity contribution in [3.8, 4) is 0 Å². The van der Waals surface area contributed by atoms with Crippen molar-refractivity contribution in [2.24, 2.45) is 0 Å². The zero-order valence-electron chi connectivity index (χ0n) is 11.0. The summed E-state index contributed by atoms with van der Waals surface area (Å²) in [4.78, 5) is 15.0. The average molecular weight is 347 g/mol. The van der Waals surface area contributed by atoms with Crippen LogP contribution >= 0.6 is 15.9 Å². The molecule has 0 unspecified atom stereocenters. The maximum Gasteiger partial charge on any atom is 0.267 e. The summed E-state index contributed by atoms with van der Waals surface area (Å²) in [5, 5.41) is 3.23. The number of aromatic nitrogens is 1. The first-order chi connectivity index (χ1) is 10.1. The van der Waals surface area contributed by atoms with Gasteiger partial charge in [-0.3, -0.25) is 4.79 Å². The standard InChI is InChI=1S/C16H12BrFN2O/c17-11-4-1-3-10(7-11)9-19-16(21)15-8-12-13(18)5-2-6-14(12)20-15/h1-8,20H,9H2,(H,19,21). The summed E-state index contributed by atoms with van der Waals surface area (Å²) >= 11 is 3.38. The van der Waals surface area contributed by atoms with Gasteiger partial charge in [-0.1, -0.05) is 34.1 Å². The number of nitrogens with one attached hydrogen (secondary N) is 2. The van der Waals surface area contributed by atoms with Crippen molar-refractivity contribution >= 4 is 32.7 Å². The second-order valence-electron chi connectivity index (χ2n) is 4.70. The lowest BCUT2D eigenvalue weighted by molar-refractivity contribution is 0.0947. The molecule has 0 radical (unpaired) electrons. The fourth-order valence-electron chi connectivity index (χ4n) is 2.17. The molecule has 0 aliphatic carbocycles. The van der Waals surface area contributed by atoms with Crippen LogP contribution in [0.5, 0.6) is 0 Å². The molecule has 0 fully saturated rings. The molecule has 3 rings (SSSR count). The summed E-state index contributed by atoms with van der Waals surface area (Å²) < 4.78 is 14.6. The molecule has 0 aliphatic heterocycles. The SMILES string of the molecule is O=C(NCc1cccc(Br)c1)c1cc2c(F)cccc2[nH]1. The zero-order chi connectivity index (χ0) is 14.8. The van der Waals surface area contributed by atoms with Gasteiger partial charge in [0.1, 0.15) is 11.5 Å². The molecule has 3 nitrogen and oxygen atoms in total. The minimum absolute atomic E-state index is 0.259. The van der Waals surface area contributed by atoms with Gasteiger partial charge in [-0.15, -0.1) is 0 Å². The Morgan fingerprint density at radius 3 is 2.76 bits per heavy atom. The number of benzene rings is 2. The van der Waals surface area contributed by atoms with Crippen LogP contribution in [-0.2, 0) is 6.54 Å². The van der Waals surface area contributed by atoms with Gasteiger partial charge in [0.2, 0.25) is 0 Å². The Morgan fingerprint density at radius 2 is 2.00 bits per heavy atom. The van der Waals surface area contributed by atoms with Gasteiger partial charge < -0.3 is 10.3 Å². The molecule has 1 amide bonds. The summed E-state index contributed by atoms with van der Waals surface area (Å²) in [7, 11) is 0. The van der Waals surface area contributed by atoms with Crippen LogP contribution in [0.4, 0.5) is 4.39 Å². The highest BCUT2D eigenvalue weighted by Crippen LogP contribution is 2.18. The summed E-state index contributed by atoms with van der Waals surface area (Å²) in [5.74, 6) is -0.597. The Hall–Kier alpha value is -2.14. The molecule has 1 heterocycles. The molecule has 1 aromatic heterocycles. The largest absolute Gasteiger partial charge is 0.350 e. The number of amides is 1. The smallest absolute Gasteiger partial charge is 0.267 e. The average Bonchev–Trinajstić information content (AvgIpc) is 2.90. The third kappa shape index (κ3) is 2.97. The van der Waals surface area contributed by atoms with E-state index in [-0.39, 0.29) is 11.7 Å². The Bertz CT molecular complexity index is 813. The minimum Gasteiger partial charge on any atom is -0.350 e. The van der Waals surface area contributed by atoms with E-state index < -0.39 is 0 Å². The number of hydrogen-bond acceptors (Lipinski definition) is 1. The van der Waals surface area contributed by atoms with Gasteiger partial charge in [-0.05, 0) is 35.9 Å². The third-order valence-corrected chi connectivity index (χ3v) is 3.69. The monoisotopic (exact) mass is 346 g/mol. The number of hydrogen-bond donors (Lipinski definition) is 2. The van der Waals surface area contributed by atoms with E-state index in [4.69, 9.17) is 0 Å². The van der Waals surface area contributed by atoms with E-state index >= 15 is 0 Å². The molecular formula is C16H12BrFN2O. The fraction of sp³-hybridized carbons (Fsp3) is 0.0625. The van der Waals surface area contributed by atoms with Crippen molar-refractivity contribution in [3.05, 3.63) is 70.1 Å². The summed E-state index contributed by atoms with van der Waals surface area (Å²) in [6.45, 7) is 0.413. The molecule has 2 N–H and O–H groups in total. The third-order valence-electron chi connectivity index (χ3n) is 3.20. The summed E-state index contributed by atoms with van der Waals surface area (Å²) in [5.41, 5.74) is 1.95. The van der Waals surface area contributed by atoms with E-state index in [2.05, 4.69) is 26.2 Å². The molecule has 0 aliphatic rings. The van der Waals surface area contributed by atoms with Crippen LogP contribution in [0.2, 0.25) is 0 Å². The van der Waals surface area contributed by atoms with Gasteiger partial charge in [0, 0.05) is 21.9 Å². The summed E-state index contributed by atoms with van der Waals surface area (Å²) in [6.07, 6.45) is 0. The molecule has 21 heavy (non-hydrogen) atoms. The zero-order valence-corrected chi connectivity index (χ0v) is 12.6. The lowest BCUT2D eigenvalue weighted by atomic mass is 10.2. The Morgan fingerprint density at radius 1 is 1.19 bits per heavy atom. The first-order valence-corrected chi connectivity index (χ1v) is 7.22. The van der Waals surface area contributed by atoms with Gasteiger partial charge in [0.05, 0.1) is 0 Å². The number of fused-ring (bicyclic) bond motifs is 1. The van der Waals surface area contributed by atoms with Crippen molar-refractivity contribution in [2.45, 2.75) is 6.54 Å². The highest BCUT2D eigenvalue weighted by molar-refractivity contribution is 9.10. The number of halogens is 2. The molecular weight excluding hydrogens is 335 g/mol. The van der Waals surface area contributed by atoms with Crippen LogP contribution in [0.1, 0.15) is 16.1 Å². The van der Waals surface area contributed by atoms with Gasteiger partial charge in [0.15, 0.2) is 0 Å². The van der Waals surface area contributed by atoms with Crippen molar-refractivity contribution in [2.75, 3.05) is 0 Å².